The van der Waals surface area contributed by atoms with E-state index in [1.54, 1.807) is 43.3 Å². The van der Waals surface area contributed by atoms with Gasteiger partial charge in [0.2, 0.25) is 0 Å². The Bertz CT molecular complexity index is 1270. The van der Waals surface area contributed by atoms with Crippen molar-refractivity contribution < 1.29 is 23.1 Å². The van der Waals surface area contributed by atoms with E-state index in [1.165, 1.54) is 12.1 Å². The molecule has 0 bridgehead atoms. The van der Waals surface area contributed by atoms with Crippen LogP contribution in [0.2, 0.25) is 0 Å². The number of para-hydroxylation sites is 2. The molecular formula is C28H30FN3O4. The van der Waals surface area contributed by atoms with Gasteiger partial charge in [-0.05, 0) is 73.9 Å². The first-order valence-electron chi connectivity index (χ1n) is 11.9. The number of amides is 1. The third kappa shape index (κ3) is 6.53. The SMILES string of the molecule is COc1ccccc1OCc1ccc(C(=O)N(C)CCCCCc2cc(-c3ccc(F)cc3)n[nH]2)o1. The molecule has 0 radical (unpaired) electrons. The molecule has 8 heteroatoms. The van der Waals surface area contributed by atoms with Gasteiger partial charge in [-0.3, -0.25) is 9.89 Å². The van der Waals surface area contributed by atoms with Gasteiger partial charge in [-0.1, -0.05) is 18.6 Å². The van der Waals surface area contributed by atoms with Crippen molar-refractivity contribution in [2.24, 2.45) is 0 Å². The number of aryl methyl sites for hydroxylation is 1. The van der Waals surface area contributed by atoms with Crippen LogP contribution in [0.4, 0.5) is 4.39 Å². The van der Waals surface area contributed by atoms with Gasteiger partial charge in [0, 0.05) is 24.8 Å². The molecule has 0 aliphatic rings. The number of methoxy groups -OCH3 is 1. The van der Waals surface area contributed by atoms with E-state index in [1.807, 2.05) is 30.3 Å². The molecule has 188 valence electrons. The Balaban J connectivity index is 1.17. The van der Waals surface area contributed by atoms with Crippen molar-refractivity contribution in [3.63, 3.8) is 0 Å². The van der Waals surface area contributed by atoms with Crippen LogP contribution in [0.3, 0.4) is 0 Å². The van der Waals surface area contributed by atoms with Gasteiger partial charge in [-0.25, -0.2) is 4.39 Å². The number of furan rings is 1. The van der Waals surface area contributed by atoms with E-state index in [0.29, 0.717) is 29.6 Å². The Morgan fingerprint density at radius 1 is 1.03 bits per heavy atom. The minimum Gasteiger partial charge on any atom is -0.493 e. The van der Waals surface area contributed by atoms with E-state index < -0.39 is 0 Å². The summed E-state index contributed by atoms with van der Waals surface area (Å²) < 4.78 is 29.8. The number of unbranched alkanes of at least 4 members (excludes halogenated alkanes) is 2. The Hall–Kier alpha value is -4.07. The standard InChI is InChI=1S/C28H30FN3O4/c1-32(17-7-3-4-8-22-18-24(31-30-22)20-11-13-21(29)14-12-20)28(33)27-16-15-23(36-27)19-35-26-10-6-5-9-25(26)34-2/h5-6,9-16,18H,3-4,7-8,17,19H2,1-2H3,(H,30,31). The van der Waals surface area contributed by atoms with E-state index in [-0.39, 0.29) is 18.3 Å². The summed E-state index contributed by atoms with van der Waals surface area (Å²) in [5.74, 6) is 1.70. The van der Waals surface area contributed by atoms with Gasteiger partial charge < -0.3 is 18.8 Å². The highest BCUT2D eigenvalue weighted by Gasteiger charge is 2.16. The molecular weight excluding hydrogens is 461 g/mol. The number of nitrogens with one attached hydrogen (secondary N) is 1. The quantitative estimate of drug-likeness (QED) is 0.250. The van der Waals surface area contributed by atoms with Gasteiger partial charge in [0.15, 0.2) is 17.3 Å². The number of hydrogen-bond acceptors (Lipinski definition) is 5. The maximum Gasteiger partial charge on any atom is 0.289 e. The normalized spacial score (nSPS) is 10.9. The van der Waals surface area contributed by atoms with Crippen molar-refractivity contribution in [3.05, 3.63) is 89.8 Å². The third-order valence-electron chi connectivity index (χ3n) is 5.87. The summed E-state index contributed by atoms with van der Waals surface area (Å²) in [5.41, 5.74) is 2.73. The molecule has 0 unspecified atom stereocenters. The first kappa shape index (κ1) is 25.0. The lowest BCUT2D eigenvalue weighted by Gasteiger charge is -2.15. The number of halogens is 1. The van der Waals surface area contributed by atoms with Crippen molar-refractivity contribution in [1.29, 1.82) is 0 Å². The fourth-order valence-electron chi connectivity index (χ4n) is 3.85. The highest BCUT2D eigenvalue weighted by Crippen LogP contribution is 2.27. The maximum atomic E-state index is 13.1. The van der Waals surface area contributed by atoms with Crippen LogP contribution >= 0.6 is 0 Å². The van der Waals surface area contributed by atoms with Crippen LogP contribution in [0.1, 0.15) is 41.3 Å². The summed E-state index contributed by atoms with van der Waals surface area (Å²) >= 11 is 0. The average molecular weight is 492 g/mol. The van der Waals surface area contributed by atoms with E-state index in [2.05, 4.69) is 10.2 Å². The van der Waals surface area contributed by atoms with Crippen LogP contribution in [0.15, 0.2) is 71.1 Å². The van der Waals surface area contributed by atoms with Gasteiger partial charge in [0.1, 0.15) is 18.2 Å². The number of aromatic nitrogens is 2. The zero-order valence-corrected chi connectivity index (χ0v) is 20.5. The smallest absolute Gasteiger partial charge is 0.289 e. The van der Waals surface area contributed by atoms with E-state index >= 15 is 0 Å². The zero-order chi connectivity index (χ0) is 25.3. The lowest BCUT2D eigenvalue weighted by Crippen LogP contribution is -2.27. The second-order valence-electron chi connectivity index (χ2n) is 8.53. The molecule has 36 heavy (non-hydrogen) atoms. The summed E-state index contributed by atoms with van der Waals surface area (Å²) in [6, 6.07) is 19.1. The highest BCUT2D eigenvalue weighted by molar-refractivity contribution is 5.91. The van der Waals surface area contributed by atoms with Crippen molar-refractivity contribution in [2.75, 3.05) is 20.7 Å². The Morgan fingerprint density at radius 3 is 2.58 bits per heavy atom. The predicted octanol–water partition coefficient (Wildman–Crippen LogP) is 5.88. The molecule has 0 fully saturated rings. The topological polar surface area (TPSA) is 80.6 Å². The molecule has 0 saturated carbocycles. The van der Waals surface area contributed by atoms with Gasteiger partial charge in [0.05, 0.1) is 12.8 Å². The maximum absolute atomic E-state index is 13.1. The van der Waals surface area contributed by atoms with Crippen LogP contribution in [-0.4, -0.2) is 41.7 Å². The van der Waals surface area contributed by atoms with Gasteiger partial charge in [-0.15, -0.1) is 0 Å². The van der Waals surface area contributed by atoms with E-state index in [4.69, 9.17) is 13.9 Å². The summed E-state index contributed by atoms with van der Waals surface area (Å²) in [6.45, 7) is 0.838. The van der Waals surface area contributed by atoms with E-state index in [9.17, 15) is 9.18 Å². The van der Waals surface area contributed by atoms with Crippen molar-refractivity contribution in [1.82, 2.24) is 15.1 Å². The van der Waals surface area contributed by atoms with Gasteiger partial charge in [0.25, 0.3) is 5.91 Å². The molecule has 0 spiro atoms. The highest BCUT2D eigenvalue weighted by atomic mass is 19.1. The van der Waals surface area contributed by atoms with Crippen LogP contribution in [-0.2, 0) is 13.0 Å². The Kier molecular flexibility index (Phi) is 8.39. The fraction of sp³-hybridized carbons (Fsp3) is 0.286. The second kappa shape index (κ2) is 12.1. The molecule has 0 saturated heterocycles. The number of rotatable bonds is 12. The monoisotopic (exact) mass is 491 g/mol. The summed E-state index contributed by atoms with van der Waals surface area (Å²) in [7, 11) is 3.37. The minimum absolute atomic E-state index is 0.156. The lowest BCUT2D eigenvalue weighted by atomic mass is 10.1. The van der Waals surface area contributed by atoms with Crippen LogP contribution in [0, 0.1) is 5.82 Å². The average Bonchev–Trinajstić information content (AvgIpc) is 3.57. The van der Waals surface area contributed by atoms with Gasteiger partial charge >= 0.3 is 0 Å². The second-order valence-corrected chi connectivity index (χ2v) is 8.53. The molecule has 2 aromatic heterocycles. The molecule has 2 aromatic carbocycles. The lowest BCUT2D eigenvalue weighted by molar-refractivity contribution is 0.0757. The Labute approximate surface area is 209 Å². The number of carbonyl (C=O) groups excluding carboxylic acids is 1. The number of benzene rings is 2. The third-order valence-corrected chi connectivity index (χ3v) is 5.87. The van der Waals surface area contributed by atoms with Crippen LogP contribution in [0.5, 0.6) is 11.5 Å². The van der Waals surface area contributed by atoms with Crippen molar-refractivity contribution >= 4 is 5.91 Å². The predicted molar refractivity (Wildman–Crippen MR) is 135 cm³/mol. The first-order valence-corrected chi connectivity index (χ1v) is 11.9. The van der Waals surface area contributed by atoms with Crippen LogP contribution < -0.4 is 9.47 Å². The molecule has 4 rings (SSSR count). The summed E-state index contributed by atoms with van der Waals surface area (Å²) in [6.07, 6.45) is 3.68. The number of carbonyl (C=O) groups is 1. The molecule has 1 N–H and O–H groups in total. The van der Waals surface area contributed by atoms with E-state index in [0.717, 1.165) is 42.6 Å². The number of nitrogens with zero attached hydrogens (tertiary/aromatic N) is 2. The molecule has 7 nitrogen and oxygen atoms in total. The van der Waals surface area contributed by atoms with Gasteiger partial charge in [-0.2, -0.15) is 5.10 Å². The molecule has 0 atom stereocenters. The van der Waals surface area contributed by atoms with Crippen molar-refractivity contribution in [3.8, 4) is 22.8 Å². The zero-order valence-electron chi connectivity index (χ0n) is 20.5. The minimum atomic E-state index is -0.261. The molecule has 1 amide bonds. The Morgan fingerprint density at radius 2 is 1.81 bits per heavy atom. The molecule has 0 aliphatic carbocycles. The number of H-pyrrole nitrogens is 1. The van der Waals surface area contributed by atoms with Crippen LogP contribution in [0.25, 0.3) is 11.3 Å². The van der Waals surface area contributed by atoms with Crippen molar-refractivity contribution in [2.45, 2.75) is 32.3 Å². The number of hydrogen-bond donors (Lipinski definition) is 1. The summed E-state index contributed by atoms with van der Waals surface area (Å²) in [5, 5.41) is 7.36. The largest absolute Gasteiger partial charge is 0.493 e. The number of ether oxygens (including phenoxy) is 2. The fourth-order valence-corrected chi connectivity index (χ4v) is 3.85. The molecule has 2 heterocycles. The number of aromatic amines is 1. The first-order chi connectivity index (χ1) is 17.5. The molecule has 4 aromatic rings. The summed E-state index contributed by atoms with van der Waals surface area (Å²) in [4.78, 5) is 14.4. The molecule has 0 aliphatic heterocycles.